The summed E-state index contributed by atoms with van der Waals surface area (Å²) >= 11 is 0. The summed E-state index contributed by atoms with van der Waals surface area (Å²) in [5, 5.41) is 0. The van der Waals surface area contributed by atoms with Crippen molar-refractivity contribution in [2.75, 3.05) is 27.3 Å². The zero-order valence-electron chi connectivity index (χ0n) is 10.1. The molecule has 1 rings (SSSR count). The highest BCUT2D eigenvalue weighted by Crippen LogP contribution is 2.27. The van der Waals surface area contributed by atoms with E-state index < -0.39 is 0 Å². The van der Waals surface area contributed by atoms with Gasteiger partial charge in [-0.25, -0.2) is 0 Å². The maximum atomic E-state index is 11.8. The van der Waals surface area contributed by atoms with Crippen molar-refractivity contribution in [3.8, 4) is 0 Å². The van der Waals surface area contributed by atoms with E-state index in [9.17, 15) is 4.79 Å². The Hall–Kier alpha value is -0.320. The smallest absolute Gasteiger partial charge is 0.222 e. The molecule has 0 heterocycles. The van der Waals surface area contributed by atoms with E-state index in [1.807, 2.05) is 7.05 Å². The summed E-state index contributed by atoms with van der Waals surface area (Å²) in [6.07, 6.45) is 3.94. The maximum Gasteiger partial charge on any atom is 0.222 e. The molecule has 0 bridgehead atoms. The number of hydrogen-bond donors (Lipinski definition) is 1. The Morgan fingerprint density at radius 1 is 1.50 bits per heavy atom. The Bertz CT molecular complexity index is 214. The summed E-state index contributed by atoms with van der Waals surface area (Å²) in [4.78, 5) is 13.5. The molecule has 0 spiro atoms. The first-order valence-electron chi connectivity index (χ1n) is 5.63. The largest absolute Gasteiger partial charge is 0.383 e. The number of rotatable bonds is 5. The van der Waals surface area contributed by atoms with Gasteiger partial charge in [-0.05, 0) is 18.8 Å². The molecule has 16 heavy (non-hydrogen) atoms. The van der Waals surface area contributed by atoms with Crippen molar-refractivity contribution >= 4 is 18.3 Å². The fraction of sp³-hybridized carbons (Fsp3) is 0.909. The lowest BCUT2D eigenvalue weighted by Gasteiger charge is -2.20. The number of hydrogen-bond acceptors (Lipinski definition) is 3. The summed E-state index contributed by atoms with van der Waals surface area (Å²) in [7, 11) is 3.47. The molecule has 0 aliphatic heterocycles. The van der Waals surface area contributed by atoms with Crippen molar-refractivity contribution < 1.29 is 9.53 Å². The van der Waals surface area contributed by atoms with Crippen molar-refractivity contribution in [3.05, 3.63) is 0 Å². The Morgan fingerprint density at radius 3 is 2.69 bits per heavy atom. The van der Waals surface area contributed by atoms with Gasteiger partial charge in [-0.15, -0.1) is 12.4 Å². The number of methoxy groups -OCH3 is 1. The van der Waals surface area contributed by atoms with Crippen molar-refractivity contribution in [2.24, 2.45) is 11.7 Å². The van der Waals surface area contributed by atoms with Crippen molar-refractivity contribution in [1.29, 1.82) is 0 Å². The molecule has 1 fully saturated rings. The molecule has 0 unspecified atom stereocenters. The number of nitrogens with zero attached hydrogens (tertiary/aromatic N) is 1. The van der Waals surface area contributed by atoms with E-state index in [-0.39, 0.29) is 24.4 Å². The van der Waals surface area contributed by atoms with Gasteiger partial charge in [0.25, 0.3) is 0 Å². The van der Waals surface area contributed by atoms with Gasteiger partial charge in [0.1, 0.15) is 0 Å². The average molecular weight is 251 g/mol. The number of carbonyl (C=O) groups excluding carboxylic acids is 1. The topological polar surface area (TPSA) is 55.6 Å². The molecule has 1 aliphatic carbocycles. The third-order valence-electron chi connectivity index (χ3n) is 3.21. The fourth-order valence-electron chi connectivity index (χ4n) is 2.05. The first kappa shape index (κ1) is 15.7. The minimum Gasteiger partial charge on any atom is -0.383 e. The van der Waals surface area contributed by atoms with Gasteiger partial charge in [-0.2, -0.15) is 0 Å². The Balaban J connectivity index is 0.00000225. The first-order chi connectivity index (χ1) is 7.15. The minimum atomic E-state index is 0. The van der Waals surface area contributed by atoms with Crippen molar-refractivity contribution in [3.63, 3.8) is 0 Å². The van der Waals surface area contributed by atoms with Crippen LogP contribution in [0.1, 0.15) is 25.7 Å². The third-order valence-corrected chi connectivity index (χ3v) is 3.21. The molecule has 2 N–H and O–H groups in total. The zero-order valence-corrected chi connectivity index (χ0v) is 11.0. The average Bonchev–Trinajstić information content (AvgIpc) is 2.61. The van der Waals surface area contributed by atoms with E-state index in [0.717, 1.165) is 12.8 Å². The summed E-state index contributed by atoms with van der Waals surface area (Å²) < 4.78 is 4.94. The monoisotopic (exact) mass is 250 g/mol. The summed E-state index contributed by atoms with van der Waals surface area (Å²) in [6.45, 7) is 1.26. The SMILES string of the molecule is COCCN(C)C(=O)C[C@@H]1CCC[C@H]1N.Cl. The number of halogens is 1. The second-order valence-corrected chi connectivity index (χ2v) is 4.37. The molecule has 4 nitrogen and oxygen atoms in total. The standard InChI is InChI=1S/C11H22N2O2.ClH/c1-13(6-7-15-2)11(14)8-9-4-3-5-10(9)12;/h9-10H,3-8,12H2,1-2H3;1H/t9-,10+;/m0./s1. The van der Waals surface area contributed by atoms with Gasteiger partial charge in [-0.1, -0.05) is 6.42 Å². The molecule has 1 aliphatic rings. The molecule has 0 aromatic heterocycles. The highest BCUT2D eigenvalue weighted by Gasteiger charge is 2.26. The number of ether oxygens (including phenoxy) is 1. The molecule has 0 radical (unpaired) electrons. The molecule has 0 aromatic carbocycles. The van der Waals surface area contributed by atoms with Gasteiger partial charge < -0.3 is 15.4 Å². The molecule has 5 heteroatoms. The molecule has 0 saturated heterocycles. The number of likely N-dealkylation sites (N-methyl/N-ethyl adjacent to an activating group) is 1. The number of amides is 1. The van der Waals surface area contributed by atoms with Crippen LogP contribution in [0.15, 0.2) is 0 Å². The normalized spacial score (nSPS) is 23.9. The van der Waals surface area contributed by atoms with E-state index in [0.29, 0.717) is 25.5 Å². The Morgan fingerprint density at radius 2 is 2.19 bits per heavy atom. The molecule has 0 aromatic rings. The van der Waals surface area contributed by atoms with Crippen LogP contribution < -0.4 is 5.73 Å². The van der Waals surface area contributed by atoms with Gasteiger partial charge in [0.15, 0.2) is 0 Å². The summed E-state index contributed by atoms with van der Waals surface area (Å²) in [6, 6.07) is 0.227. The van der Waals surface area contributed by atoms with Crippen LogP contribution >= 0.6 is 12.4 Å². The maximum absolute atomic E-state index is 11.8. The van der Waals surface area contributed by atoms with E-state index in [4.69, 9.17) is 10.5 Å². The fourth-order valence-corrected chi connectivity index (χ4v) is 2.05. The Labute approximate surface area is 104 Å². The van der Waals surface area contributed by atoms with Crippen LogP contribution in [-0.4, -0.2) is 44.2 Å². The zero-order chi connectivity index (χ0) is 11.3. The van der Waals surface area contributed by atoms with Gasteiger partial charge in [-0.3, -0.25) is 4.79 Å². The predicted molar refractivity (Wildman–Crippen MR) is 66.7 cm³/mol. The van der Waals surface area contributed by atoms with Crippen LogP contribution in [0.5, 0.6) is 0 Å². The molecular formula is C11H23ClN2O2. The van der Waals surface area contributed by atoms with E-state index in [1.165, 1.54) is 6.42 Å². The summed E-state index contributed by atoms with van der Waals surface area (Å²) in [5.74, 6) is 0.580. The van der Waals surface area contributed by atoms with Gasteiger partial charge >= 0.3 is 0 Å². The van der Waals surface area contributed by atoms with Crippen molar-refractivity contribution in [1.82, 2.24) is 4.90 Å². The van der Waals surface area contributed by atoms with Crippen LogP contribution in [-0.2, 0) is 9.53 Å². The summed E-state index contributed by atoms with van der Waals surface area (Å²) in [5.41, 5.74) is 5.93. The van der Waals surface area contributed by atoms with Crippen LogP contribution in [0.2, 0.25) is 0 Å². The predicted octanol–water partition coefficient (Wildman–Crippen LogP) is 1.03. The second-order valence-electron chi connectivity index (χ2n) is 4.37. The van der Waals surface area contributed by atoms with Gasteiger partial charge in [0.2, 0.25) is 5.91 Å². The molecule has 1 saturated carbocycles. The van der Waals surface area contributed by atoms with Crippen LogP contribution in [0, 0.1) is 5.92 Å². The van der Waals surface area contributed by atoms with Gasteiger partial charge in [0.05, 0.1) is 6.61 Å². The quantitative estimate of drug-likeness (QED) is 0.793. The second kappa shape index (κ2) is 7.87. The molecule has 2 atom stereocenters. The highest BCUT2D eigenvalue weighted by molar-refractivity contribution is 5.85. The van der Waals surface area contributed by atoms with E-state index >= 15 is 0 Å². The number of nitrogens with two attached hydrogens (primary N) is 1. The van der Waals surface area contributed by atoms with E-state index in [1.54, 1.807) is 12.0 Å². The molecular weight excluding hydrogens is 228 g/mol. The van der Waals surface area contributed by atoms with Gasteiger partial charge in [0, 0.05) is 33.2 Å². The van der Waals surface area contributed by atoms with Crippen molar-refractivity contribution in [2.45, 2.75) is 31.7 Å². The molecule has 96 valence electrons. The minimum absolute atomic E-state index is 0. The Kier molecular flexibility index (Phi) is 7.72. The lowest BCUT2D eigenvalue weighted by Crippen LogP contribution is -2.34. The number of carbonyl (C=O) groups is 1. The van der Waals surface area contributed by atoms with Crippen LogP contribution in [0.3, 0.4) is 0 Å². The van der Waals surface area contributed by atoms with E-state index in [2.05, 4.69) is 0 Å². The molecule has 1 amide bonds. The highest BCUT2D eigenvalue weighted by atomic mass is 35.5. The first-order valence-corrected chi connectivity index (χ1v) is 5.63. The lowest BCUT2D eigenvalue weighted by atomic mass is 9.99. The lowest BCUT2D eigenvalue weighted by molar-refractivity contribution is -0.131. The third kappa shape index (κ3) is 4.68. The van der Waals surface area contributed by atoms with Crippen LogP contribution in [0.4, 0.5) is 0 Å². The van der Waals surface area contributed by atoms with Crippen LogP contribution in [0.25, 0.3) is 0 Å².